The SMILES string of the molecule is CNC(=O)C1CCCCN1C(=O)NC(CCSC)C(=O)O. The second-order valence-electron chi connectivity index (χ2n) is 4.94. The van der Waals surface area contributed by atoms with E-state index in [0.29, 0.717) is 25.1 Å². The van der Waals surface area contributed by atoms with Crippen molar-refractivity contribution in [1.29, 1.82) is 0 Å². The van der Waals surface area contributed by atoms with E-state index in [2.05, 4.69) is 10.6 Å². The van der Waals surface area contributed by atoms with Crippen LogP contribution >= 0.6 is 11.8 Å². The highest BCUT2D eigenvalue weighted by Gasteiger charge is 2.33. The predicted molar refractivity (Wildman–Crippen MR) is 81.4 cm³/mol. The van der Waals surface area contributed by atoms with Crippen molar-refractivity contribution in [3.05, 3.63) is 0 Å². The zero-order chi connectivity index (χ0) is 15.8. The van der Waals surface area contributed by atoms with Gasteiger partial charge in [-0.1, -0.05) is 0 Å². The van der Waals surface area contributed by atoms with Gasteiger partial charge < -0.3 is 20.6 Å². The van der Waals surface area contributed by atoms with Gasteiger partial charge in [-0.25, -0.2) is 9.59 Å². The molecule has 1 heterocycles. The fourth-order valence-electron chi connectivity index (χ4n) is 2.34. The number of urea groups is 1. The van der Waals surface area contributed by atoms with Crippen molar-refractivity contribution >= 4 is 29.7 Å². The molecule has 0 aromatic carbocycles. The molecule has 2 atom stereocenters. The molecule has 0 aliphatic carbocycles. The first-order valence-electron chi connectivity index (χ1n) is 7.01. The molecule has 0 bridgehead atoms. The van der Waals surface area contributed by atoms with Gasteiger partial charge >= 0.3 is 12.0 Å². The molecular formula is C13H23N3O4S. The largest absolute Gasteiger partial charge is 0.480 e. The highest BCUT2D eigenvalue weighted by molar-refractivity contribution is 7.98. The third-order valence-electron chi connectivity index (χ3n) is 3.52. The van der Waals surface area contributed by atoms with Crippen LogP contribution in [0.15, 0.2) is 0 Å². The Kier molecular flexibility index (Phi) is 7.35. The van der Waals surface area contributed by atoms with Crippen LogP contribution in [0.4, 0.5) is 4.79 Å². The van der Waals surface area contributed by atoms with Crippen molar-refractivity contribution in [2.45, 2.75) is 37.8 Å². The molecule has 0 aromatic rings. The Morgan fingerprint density at radius 3 is 2.67 bits per heavy atom. The average Bonchev–Trinajstić information content (AvgIpc) is 2.50. The summed E-state index contributed by atoms with van der Waals surface area (Å²) in [6.07, 6.45) is 4.56. The van der Waals surface area contributed by atoms with Crippen molar-refractivity contribution in [3.8, 4) is 0 Å². The summed E-state index contributed by atoms with van der Waals surface area (Å²) in [5.41, 5.74) is 0. The summed E-state index contributed by atoms with van der Waals surface area (Å²) in [6, 6.07) is -1.91. The lowest BCUT2D eigenvalue weighted by atomic mass is 10.0. The van der Waals surface area contributed by atoms with Gasteiger partial charge in [0.25, 0.3) is 0 Å². The fraction of sp³-hybridized carbons (Fsp3) is 0.769. The number of piperidine rings is 1. The smallest absolute Gasteiger partial charge is 0.326 e. The summed E-state index contributed by atoms with van der Waals surface area (Å²) < 4.78 is 0. The molecule has 3 amide bonds. The van der Waals surface area contributed by atoms with Crippen molar-refractivity contribution < 1.29 is 19.5 Å². The molecule has 0 radical (unpaired) electrons. The Labute approximate surface area is 128 Å². The molecule has 2 unspecified atom stereocenters. The Hall–Kier alpha value is -1.44. The Bertz CT molecular complexity index is 392. The van der Waals surface area contributed by atoms with Crippen molar-refractivity contribution in [2.24, 2.45) is 0 Å². The first-order chi connectivity index (χ1) is 10.0. The number of hydrogen-bond acceptors (Lipinski definition) is 4. The second kappa shape index (κ2) is 8.76. The number of likely N-dealkylation sites (N-methyl/N-ethyl adjacent to an activating group) is 1. The Balaban J connectivity index is 2.69. The summed E-state index contributed by atoms with van der Waals surface area (Å²) in [4.78, 5) is 36.7. The number of carbonyl (C=O) groups is 3. The molecule has 1 saturated heterocycles. The molecular weight excluding hydrogens is 294 g/mol. The van der Waals surface area contributed by atoms with Gasteiger partial charge in [-0.15, -0.1) is 0 Å². The number of carboxylic acids is 1. The van der Waals surface area contributed by atoms with E-state index in [9.17, 15) is 14.4 Å². The summed E-state index contributed by atoms with van der Waals surface area (Å²) in [5, 5.41) is 14.2. The third-order valence-corrected chi connectivity index (χ3v) is 4.16. The van der Waals surface area contributed by atoms with Crippen LogP contribution in [-0.2, 0) is 9.59 Å². The molecule has 0 saturated carbocycles. The molecule has 0 aromatic heterocycles. The summed E-state index contributed by atoms with van der Waals surface area (Å²) in [7, 11) is 1.53. The van der Waals surface area contributed by atoms with E-state index >= 15 is 0 Å². The lowest BCUT2D eigenvalue weighted by Crippen LogP contribution is -2.56. The van der Waals surface area contributed by atoms with Gasteiger partial charge in [0, 0.05) is 13.6 Å². The number of aliphatic carboxylic acids is 1. The Morgan fingerprint density at radius 1 is 1.38 bits per heavy atom. The first-order valence-corrected chi connectivity index (χ1v) is 8.41. The molecule has 3 N–H and O–H groups in total. The van der Waals surface area contributed by atoms with Crippen LogP contribution in [0, 0.1) is 0 Å². The second-order valence-corrected chi connectivity index (χ2v) is 5.93. The number of carbonyl (C=O) groups excluding carboxylic acids is 2. The van der Waals surface area contributed by atoms with Gasteiger partial charge in [0.2, 0.25) is 5.91 Å². The van der Waals surface area contributed by atoms with Crippen LogP contribution in [-0.4, -0.2) is 65.6 Å². The highest BCUT2D eigenvalue weighted by atomic mass is 32.2. The van der Waals surface area contributed by atoms with E-state index < -0.39 is 24.1 Å². The van der Waals surface area contributed by atoms with E-state index in [-0.39, 0.29) is 5.91 Å². The number of rotatable bonds is 6. The third kappa shape index (κ3) is 5.11. The van der Waals surface area contributed by atoms with E-state index in [1.165, 1.54) is 23.7 Å². The van der Waals surface area contributed by atoms with Gasteiger partial charge in [-0.2, -0.15) is 11.8 Å². The molecule has 7 nitrogen and oxygen atoms in total. The van der Waals surface area contributed by atoms with Crippen LogP contribution in [0.1, 0.15) is 25.7 Å². The number of hydrogen-bond donors (Lipinski definition) is 3. The normalized spacial score (nSPS) is 19.7. The molecule has 21 heavy (non-hydrogen) atoms. The number of nitrogens with one attached hydrogen (secondary N) is 2. The van der Waals surface area contributed by atoms with E-state index in [1.807, 2.05) is 6.26 Å². The van der Waals surface area contributed by atoms with E-state index in [0.717, 1.165) is 12.8 Å². The minimum atomic E-state index is -1.05. The van der Waals surface area contributed by atoms with E-state index in [1.54, 1.807) is 0 Å². The highest BCUT2D eigenvalue weighted by Crippen LogP contribution is 2.17. The van der Waals surface area contributed by atoms with Crippen LogP contribution in [0.3, 0.4) is 0 Å². The Morgan fingerprint density at radius 2 is 2.10 bits per heavy atom. The minimum Gasteiger partial charge on any atom is -0.480 e. The fourth-order valence-corrected chi connectivity index (χ4v) is 2.81. The van der Waals surface area contributed by atoms with Gasteiger partial charge in [-0.3, -0.25) is 4.79 Å². The molecule has 1 aliphatic heterocycles. The lowest BCUT2D eigenvalue weighted by Gasteiger charge is -2.35. The van der Waals surface area contributed by atoms with Gasteiger partial charge in [0.05, 0.1) is 0 Å². The zero-order valence-electron chi connectivity index (χ0n) is 12.4. The summed E-state index contributed by atoms with van der Waals surface area (Å²) >= 11 is 1.53. The molecule has 120 valence electrons. The monoisotopic (exact) mass is 317 g/mol. The molecule has 1 rings (SSSR count). The predicted octanol–water partition coefficient (Wildman–Crippen LogP) is 0.503. The number of thioether (sulfide) groups is 1. The average molecular weight is 317 g/mol. The molecule has 0 spiro atoms. The maximum atomic E-state index is 12.3. The van der Waals surface area contributed by atoms with Crippen LogP contribution in [0.25, 0.3) is 0 Å². The summed E-state index contributed by atoms with van der Waals surface area (Å²) in [6.45, 7) is 0.471. The van der Waals surface area contributed by atoms with Crippen molar-refractivity contribution in [2.75, 3.05) is 25.6 Å². The minimum absolute atomic E-state index is 0.208. The van der Waals surface area contributed by atoms with Gasteiger partial charge in [-0.05, 0) is 37.7 Å². The lowest BCUT2D eigenvalue weighted by molar-refractivity contribution is -0.139. The number of carboxylic acid groups (broad SMARTS) is 1. The molecule has 1 fully saturated rings. The van der Waals surface area contributed by atoms with Crippen LogP contribution < -0.4 is 10.6 Å². The number of nitrogens with zero attached hydrogens (tertiary/aromatic N) is 1. The van der Waals surface area contributed by atoms with Crippen molar-refractivity contribution in [3.63, 3.8) is 0 Å². The number of likely N-dealkylation sites (tertiary alicyclic amines) is 1. The summed E-state index contributed by atoms with van der Waals surface area (Å²) in [5.74, 6) is -0.609. The first kappa shape index (κ1) is 17.6. The topological polar surface area (TPSA) is 98.7 Å². The number of amides is 3. The van der Waals surface area contributed by atoms with E-state index in [4.69, 9.17) is 5.11 Å². The van der Waals surface area contributed by atoms with Crippen molar-refractivity contribution in [1.82, 2.24) is 15.5 Å². The quantitative estimate of drug-likeness (QED) is 0.663. The maximum absolute atomic E-state index is 12.3. The van der Waals surface area contributed by atoms with Gasteiger partial charge in [0.1, 0.15) is 12.1 Å². The molecule has 1 aliphatic rings. The zero-order valence-corrected chi connectivity index (χ0v) is 13.2. The standard InChI is InChI=1S/C13H23N3O4S/c1-14-11(17)10-5-3-4-7-16(10)13(20)15-9(12(18)19)6-8-21-2/h9-10H,3-8H2,1-2H3,(H,14,17)(H,15,20)(H,18,19). The van der Waals surface area contributed by atoms with Crippen LogP contribution in [0.2, 0.25) is 0 Å². The maximum Gasteiger partial charge on any atom is 0.326 e. The van der Waals surface area contributed by atoms with Crippen LogP contribution in [0.5, 0.6) is 0 Å². The molecule has 8 heteroatoms. The van der Waals surface area contributed by atoms with Gasteiger partial charge in [0.15, 0.2) is 0 Å².